The predicted molar refractivity (Wildman–Crippen MR) is 62.2 cm³/mol. The van der Waals surface area contributed by atoms with Crippen LogP contribution in [-0.2, 0) is 4.79 Å². The van der Waals surface area contributed by atoms with Crippen molar-refractivity contribution in [2.24, 2.45) is 5.41 Å². The highest BCUT2D eigenvalue weighted by atomic mass is 16.4. The molecule has 3 N–H and O–H groups in total. The Hall–Kier alpha value is -2.04. The fourth-order valence-electron chi connectivity index (χ4n) is 2.09. The molecule has 0 aromatic heterocycles. The molecule has 0 unspecified atom stereocenters. The third kappa shape index (κ3) is 1.54. The van der Waals surface area contributed by atoms with Gasteiger partial charge in [0.25, 0.3) is 0 Å². The maximum Gasteiger partial charge on any atom is 0.335 e. The van der Waals surface area contributed by atoms with Gasteiger partial charge in [0.1, 0.15) is 0 Å². The van der Waals surface area contributed by atoms with Gasteiger partial charge in [0.05, 0.1) is 22.4 Å². The van der Waals surface area contributed by atoms with Crippen LogP contribution in [0.25, 0.3) is 0 Å². The lowest BCUT2D eigenvalue weighted by Crippen LogP contribution is -2.27. The fourth-order valence-corrected chi connectivity index (χ4v) is 2.09. The molecule has 1 amide bonds. The summed E-state index contributed by atoms with van der Waals surface area (Å²) in [5, 5.41) is 14.9. The molecule has 5 nitrogen and oxygen atoms in total. The summed E-state index contributed by atoms with van der Waals surface area (Å²) in [5.41, 5.74) is 1.24. The second-order valence-electron chi connectivity index (χ2n) is 4.65. The summed E-state index contributed by atoms with van der Waals surface area (Å²) in [5.74, 6) is -1.00. The van der Waals surface area contributed by atoms with Gasteiger partial charge < -0.3 is 15.7 Å². The number of benzene rings is 1. The van der Waals surface area contributed by atoms with Crippen molar-refractivity contribution in [2.75, 3.05) is 17.2 Å². The normalized spacial score (nSPS) is 19.9. The van der Waals surface area contributed by atoms with Gasteiger partial charge in [0.15, 0.2) is 0 Å². The van der Waals surface area contributed by atoms with E-state index in [4.69, 9.17) is 5.11 Å². The molecule has 3 rings (SSSR count). The summed E-state index contributed by atoms with van der Waals surface area (Å²) in [4.78, 5) is 22.8. The van der Waals surface area contributed by atoms with Crippen molar-refractivity contribution in [3.05, 3.63) is 23.8 Å². The first-order chi connectivity index (χ1) is 8.11. The number of anilines is 2. The first-order valence-electron chi connectivity index (χ1n) is 5.53. The van der Waals surface area contributed by atoms with Crippen molar-refractivity contribution >= 4 is 23.3 Å². The summed E-state index contributed by atoms with van der Waals surface area (Å²) in [6.45, 7) is 0.623. The van der Waals surface area contributed by atoms with Gasteiger partial charge in [-0.25, -0.2) is 4.79 Å². The van der Waals surface area contributed by atoms with Crippen LogP contribution in [0, 0.1) is 5.41 Å². The summed E-state index contributed by atoms with van der Waals surface area (Å²) >= 11 is 0. The Kier molecular flexibility index (Phi) is 1.92. The van der Waals surface area contributed by atoms with Gasteiger partial charge in [-0.2, -0.15) is 0 Å². The Morgan fingerprint density at radius 3 is 2.71 bits per heavy atom. The molecule has 5 heteroatoms. The predicted octanol–water partition coefficient (Wildman–Crippen LogP) is 1.53. The molecule has 1 aliphatic carbocycles. The van der Waals surface area contributed by atoms with Crippen molar-refractivity contribution in [1.29, 1.82) is 0 Å². The second-order valence-corrected chi connectivity index (χ2v) is 4.65. The van der Waals surface area contributed by atoms with Crippen molar-refractivity contribution in [3.63, 3.8) is 0 Å². The minimum atomic E-state index is -0.993. The zero-order chi connectivity index (χ0) is 12.0. The maximum atomic E-state index is 11.9. The highest BCUT2D eigenvalue weighted by Crippen LogP contribution is 2.48. The highest BCUT2D eigenvalue weighted by molar-refractivity contribution is 6.02. The third-order valence-corrected chi connectivity index (χ3v) is 3.47. The molecule has 0 saturated heterocycles. The number of aromatic carboxylic acids is 1. The molecule has 0 radical (unpaired) electrons. The van der Waals surface area contributed by atoms with Crippen LogP contribution >= 0.6 is 0 Å². The number of nitrogens with one attached hydrogen (secondary N) is 2. The molecule has 1 aromatic rings. The minimum Gasteiger partial charge on any atom is -0.478 e. The Labute approximate surface area is 97.8 Å². The number of carboxylic acid groups (broad SMARTS) is 1. The van der Waals surface area contributed by atoms with Crippen LogP contribution in [0.1, 0.15) is 23.2 Å². The molecule has 17 heavy (non-hydrogen) atoms. The lowest BCUT2D eigenvalue weighted by Gasteiger charge is -2.09. The molecule has 1 saturated carbocycles. The summed E-state index contributed by atoms with van der Waals surface area (Å²) < 4.78 is 0. The van der Waals surface area contributed by atoms with E-state index in [0.717, 1.165) is 18.5 Å². The van der Waals surface area contributed by atoms with Crippen LogP contribution in [0.4, 0.5) is 11.4 Å². The third-order valence-electron chi connectivity index (χ3n) is 3.47. The van der Waals surface area contributed by atoms with Crippen molar-refractivity contribution in [3.8, 4) is 0 Å². The Morgan fingerprint density at radius 1 is 1.29 bits per heavy atom. The Morgan fingerprint density at radius 2 is 2.06 bits per heavy atom. The van der Waals surface area contributed by atoms with Crippen molar-refractivity contribution in [1.82, 2.24) is 0 Å². The summed E-state index contributed by atoms with van der Waals surface area (Å²) in [6.07, 6.45) is 1.79. The molecule has 1 spiro atoms. The lowest BCUT2D eigenvalue weighted by atomic mass is 10.1. The van der Waals surface area contributed by atoms with E-state index < -0.39 is 5.97 Å². The molecule has 1 aliphatic heterocycles. The zero-order valence-electron chi connectivity index (χ0n) is 9.12. The largest absolute Gasteiger partial charge is 0.478 e. The summed E-state index contributed by atoms with van der Waals surface area (Å²) in [6, 6.07) is 4.72. The van der Waals surface area contributed by atoms with Crippen LogP contribution in [0.15, 0.2) is 18.2 Å². The molecular weight excluding hydrogens is 220 g/mol. The molecule has 1 fully saturated rings. The van der Waals surface area contributed by atoms with E-state index in [2.05, 4.69) is 10.6 Å². The molecule has 0 atom stereocenters. The fraction of sp³-hybridized carbons (Fsp3) is 0.333. The van der Waals surface area contributed by atoms with E-state index in [1.54, 1.807) is 6.07 Å². The van der Waals surface area contributed by atoms with Crippen LogP contribution in [0.5, 0.6) is 0 Å². The van der Waals surface area contributed by atoms with E-state index in [1.807, 2.05) is 0 Å². The first-order valence-corrected chi connectivity index (χ1v) is 5.53. The van der Waals surface area contributed by atoms with Crippen molar-refractivity contribution < 1.29 is 14.7 Å². The number of fused-ring (bicyclic) bond motifs is 1. The van der Waals surface area contributed by atoms with Crippen LogP contribution < -0.4 is 10.6 Å². The molecular formula is C12H12N2O3. The lowest BCUT2D eigenvalue weighted by molar-refractivity contribution is -0.120. The minimum absolute atomic E-state index is 0.00807. The number of carbonyl (C=O) groups excluding carboxylic acids is 1. The SMILES string of the molecule is O=C(O)c1ccc2c(c1)NC(=O)C1(CC1)CN2. The zero-order valence-corrected chi connectivity index (χ0v) is 9.12. The quantitative estimate of drug-likeness (QED) is 0.686. The number of carbonyl (C=O) groups is 2. The Balaban J connectivity index is 1.99. The highest BCUT2D eigenvalue weighted by Gasteiger charge is 2.50. The van der Waals surface area contributed by atoms with E-state index in [0.29, 0.717) is 12.2 Å². The van der Waals surface area contributed by atoms with Gasteiger partial charge in [-0.15, -0.1) is 0 Å². The first kappa shape index (κ1) is 10.1. The van der Waals surface area contributed by atoms with E-state index in [9.17, 15) is 9.59 Å². The number of amides is 1. The molecule has 1 heterocycles. The van der Waals surface area contributed by atoms with Gasteiger partial charge in [0.2, 0.25) is 5.91 Å². The molecule has 88 valence electrons. The monoisotopic (exact) mass is 232 g/mol. The number of carboxylic acids is 1. The van der Waals surface area contributed by atoms with Gasteiger partial charge >= 0.3 is 5.97 Å². The second kappa shape index (κ2) is 3.23. The van der Waals surface area contributed by atoms with Crippen LogP contribution in [0.2, 0.25) is 0 Å². The van der Waals surface area contributed by atoms with E-state index >= 15 is 0 Å². The average Bonchev–Trinajstić information content (AvgIpc) is 3.09. The molecule has 0 bridgehead atoms. The maximum absolute atomic E-state index is 11.9. The number of hydrogen-bond acceptors (Lipinski definition) is 3. The number of hydrogen-bond donors (Lipinski definition) is 3. The Bertz CT molecular complexity index is 520. The van der Waals surface area contributed by atoms with Crippen molar-refractivity contribution in [2.45, 2.75) is 12.8 Å². The smallest absolute Gasteiger partial charge is 0.335 e. The van der Waals surface area contributed by atoms with Crippen LogP contribution in [-0.4, -0.2) is 23.5 Å². The van der Waals surface area contributed by atoms with Gasteiger partial charge in [0, 0.05) is 6.54 Å². The van der Waals surface area contributed by atoms with E-state index in [-0.39, 0.29) is 16.9 Å². The summed E-state index contributed by atoms with van der Waals surface area (Å²) in [7, 11) is 0. The standard InChI is InChI=1S/C12H12N2O3/c15-10(16)7-1-2-8-9(5-7)14-11(17)12(3-4-12)6-13-8/h1-2,5,13H,3-4,6H2,(H,14,17)(H,15,16). The molecule has 2 aliphatic rings. The van der Waals surface area contributed by atoms with Crippen LogP contribution in [0.3, 0.4) is 0 Å². The topological polar surface area (TPSA) is 78.4 Å². The molecule has 1 aromatic carbocycles. The van der Waals surface area contributed by atoms with Gasteiger partial charge in [-0.3, -0.25) is 4.79 Å². The van der Waals surface area contributed by atoms with Gasteiger partial charge in [-0.1, -0.05) is 0 Å². The van der Waals surface area contributed by atoms with Gasteiger partial charge in [-0.05, 0) is 31.0 Å². The van der Waals surface area contributed by atoms with E-state index in [1.165, 1.54) is 12.1 Å². The number of rotatable bonds is 1. The average molecular weight is 232 g/mol.